The Bertz CT molecular complexity index is 341. The summed E-state index contributed by atoms with van der Waals surface area (Å²) in [6.45, 7) is 8.28. The van der Waals surface area contributed by atoms with Gasteiger partial charge in [-0.25, -0.2) is 4.98 Å². The van der Waals surface area contributed by atoms with Crippen LogP contribution in [0.4, 0.5) is 5.95 Å². The summed E-state index contributed by atoms with van der Waals surface area (Å²) in [5, 5.41) is 0. The standard InChI is InChI=1S/C12H20ClN3O/c1-4-7-16(8-6-13)12-14-10(3)9-11(15-12)17-5-2/h9H,4-8H2,1-3H3. The molecule has 96 valence electrons. The van der Waals surface area contributed by atoms with E-state index < -0.39 is 0 Å². The molecule has 0 saturated heterocycles. The summed E-state index contributed by atoms with van der Waals surface area (Å²) in [4.78, 5) is 10.9. The molecule has 1 aromatic heterocycles. The van der Waals surface area contributed by atoms with E-state index in [2.05, 4.69) is 21.8 Å². The number of hydrogen-bond acceptors (Lipinski definition) is 4. The molecule has 0 saturated carbocycles. The van der Waals surface area contributed by atoms with E-state index in [1.165, 1.54) is 0 Å². The van der Waals surface area contributed by atoms with Crippen LogP contribution in [0.1, 0.15) is 26.0 Å². The summed E-state index contributed by atoms with van der Waals surface area (Å²) in [5.74, 6) is 1.91. The van der Waals surface area contributed by atoms with Gasteiger partial charge in [0.25, 0.3) is 0 Å². The first-order chi connectivity index (χ1) is 8.21. The quantitative estimate of drug-likeness (QED) is 0.704. The highest BCUT2D eigenvalue weighted by Crippen LogP contribution is 2.15. The summed E-state index contributed by atoms with van der Waals surface area (Å²) in [7, 11) is 0. The average molecular weight is 258 g/mol. The van der Waals surface area contributed by atoms with Crippen LogP contribution in [0.15, 0.2) is 6.07 Å². The summed E-state index contributed by atoms with van der Waals surface area (Å²) in [6.07, 6.45) is 1.04. The highest BCUT2D eigenvalue weighted by Gasteiger charge is 2.10. The normalized spacial score (nSPS) is 10.4. The molecule has 0 aromatic carbocycles. The third-order valence-electron chi connectivity index (χ3n) is 2.24. The summed E-state index contributed by atoms with van der Waals surface area (Å²) >= 11 is 5.79. The van der Waals surface area contributed by atoms with Gasteiger partial charge in [-0.3, -0.25) is 0 Å². The largest absolute Gasteiger partial charge is 0.478 e. The maximum absolute atomic E-state index is 5.79. The van der Waals surface area contributed by atoms with E-state index in [1.54, 1.807) is 0 Å². The molecule has 0 radical (unpaired) electrons. The van der Waals surface area contributed by atoms with Crippen molar-refractivity contribution in [2.45, 2.75) is 27.2 Å². The zero-order valence-corrected chi connectivity index (χ0v) is 11.5. The maximum Gasteiger partial charge on any atom is 0.228 e. The van der Waals surface area contributed by atoms with E-state index in [-0.39, 0.29) is 0 Å². The van der Waals surface area contributed by atoms with Crippen molar-refractivity contribution in [3.05, 3.63) is 11.8 Å². The van der Waals surface area contributed by atoms with Crippen LogP contribution < -0.4 is 9.64 Å². The molecule has 0 spiro atoms. The number of alkyl halides is 1. The van der Waals surface area contributed by atoms with Gasteiger partial charge in [0.05, 0.1) is 6.61 Å². The highest BCUT2D eigenvalue weighted by molar-refractivity contribution is 6.18. The monoisotopic (exact) mass is 257 g/mol. The number of ether oxygens (including phenoxy) is 1. The molecule has 1 aromatic rings. The van der Waals surface area contributed by atoms with E-state index in [1.807, 2.05) is 19.9 Å². The van der Waals surface area contributed by atoms with Crippen LogP contribution in [0, 0.1) is 6.92 Å². The lowest BCUT2D eigenvalue weighted by Crippen LogP contribution is -2.28. The number of hydrogen-bond donors (Lipinski definition) is 0. The van der Waals surface area contributed by atoms with Gasteiger partial charge in [-0.2, -0.15) is 4.98 Å². The lowest BCUT2D eigenvalue weighted by Gasteiger charge is -2.21. The Kier molecular flexibility index (Phi) is 6.05. The molecule has 0 amide bonds. The van der Waals surface area contributed by atoms with Crippen LogP contribution in [0.3, 0.4) is 0 Å². The second-order valence-electron chi connectivity index (χ2n) is 3.76. The number of anilines is 1. The number of rotatable bonds is 7. The SMILES string of the molecule is CCCN(CCCl)c1nc(C)cc(OCC)n1. The zero-order chi connectivity index (χ0) is 12.7. The minimum absolute atomic E-state index is 0.571. The molecule has 0 aliphatic rings. The molecule has 0 fully saturated rings. The molecule has 0 bridgehead atoms. The van der Waals surface area contributed by atoms with Gasteiger partial charge in [0, 0.05) is 30.7 Å². The Hall–Kier alpha value is -1.03. The van der Waals surface area contributed by atoms with Crippen molar-refractivity contribution in [1.82, 2.24) is 9.97 Å². The predicted molar refractivity (Wildman–Crippen MR) is 71.2 cm³/mol. The minimum atomic E-state index is 0.571. The van der Waals surface area contributed by atoms with Crippen molar-refractivity contribution in [1.29, 1.82) is 0 Å². The lowest BCUT2D eigenvalue weighted by molar-refractivity contribution is 0.326. The van der Waals surface area contributed by atoms with Crippen LogP contribution in [-0.4, -0.2) is 35.5 Å². The molecule has 0 aliphatic carbocycles. The molecule has 0 unspecified atom stereocenters. The number of aryl methyl sites for hydroxylation is 1. The first kappa shape index (κ1) is 14.0. The van der Waals surface area contributed by atoms with E-state index >= 15 is 0 Å². The third kappa shape index (κ3) is 4.38. The van der Waals surface area contributed by atoms with Crippen molar-refractivity contribution in [2.75, 3.05) is 30.5 Å². The maximum atomic E-state index is 5.79. The Morgan fingerprint density at radius 1 is 1.29 bits per heavy atom. The second-order valence-corrected chi connectivity index (χ2v) is 4.13. The predicted octanol–water partition coefficient (Wildman–Crippen LogP) is 2.64. The van der Waals surface area contributed by atoms with Gasteiger partial charge in [-0.1, -0.05) is 6.92 Å². The van der Waals surface area contributed by atoms with Crippen molar-refractivity contribution in [2.24, 2.45) is 0 Å². The van der Waals surface area contributed by atoms with Crippen LogP contribution in [0.5, 0.6) is 5.88 Å². The number of nitrogens with zero attached hydrogens (tertiary/aromatic N) is 3. The van der Waals surface area contributed by atoms with Gasteiger partial charge in [-0.15, -0.1) is 11.6 Å². The lowest BCUT2D eigenvalue weighted by atomic mass is 10.4. The molecule has 17 heavy (non-hydrogen) atoms. The van der Waals surface area contributed by atoms with Crippen molar-refractivity contribution in [3.8, 4) is 5.88 Å². The van der Waals surface area contributed by atoms with Crippen LogP contribution in [0.2, 0.25) is 0 Å². The average Bonchev–Trinajstić information content (AvgIpc) is 2.28. The second kappa shape index (κ2) is 7.33. The minimum Gasteiger partial charge on any atom is -0.478 e. The molecule has 0 N–H and O–H groups in total. The van der Waals surface area contributed by atoms with Gasteiger partial charge in [0.1, 0.15) is 0 Å². The van der Waals surface area contributed by atoms with E-state index in [9.17, 15) is 0 Å². The van der Waals surface area contributed by atoms with Gasteiger partial charge in [0.2, 0.25) is 11.8 Å². The Morgan fingerprint density at radius 3 is 2.65 bits per heavy atom. The smallest absolute Gasteiger partial charge is 0.228 e. The summed E-state index contributed by atoms with van der Waals surface area (Å²) < 4.78 is 5.42. The number of halogens is 1. The molecule has 4 nitrogen and oxygen atoms in total. The van der Waals surface area contributed by atoms with Crippen LogP contribution in [-0.2, 0) is 0 Å². The fourth-order valence-electron chi connectivity index (χ4n) is 1.57. The third-order valence-corrected chi connectivity index (χ3v) is 2.41. The van der Waals surface area contributed by atoms with Crippen LogP contribution in [0.25, 0.3) is 0 Å². The van der Waals surface area contributed by atoms with Crippen molar-refractivity contribution < 1.29 is 4.74 Å². The van der Waals surface area contributed by atoms with E-state index in [0.717, 1.165) is 25.2 Å². The van der Waals surface area contributed by atoms with Crippen LogP contribution >= 0.6 is 11.6 Å². The Morgan fingerprint density at radius 2 is 2.06 bits per heavy atom. The first-order valence-electron chi connectivity index (χ1n) is 6.00. The molecular weight excluding hydrogens is 238 g/mol. The van der Waals surface area contributed by atoms with E-state index in [4.69, 9.17) is 16.3 Å². The Labute approximate surface area is 108 Å². The summed E-state index contributed by atoms with van der Waals surface area (Å²) in [6, 6.07) is 1.85. The van der Waals surface area contributed by atoms with Gasteiger partial charge >= 0.3 is 0 Å². The summed E-state index contributed by atoms with van der Waals surface area (Å²) in [5.41, 5.74) is 0.911. The van der Waals surface area contributed by atoms with Crippen molar-refractivity contribution in [3.63, 3.8) is 0 Å². The molecule has 0 aliphatic heterocycles. The highest BCUT2D eigenvalue weighted by atomic mass is 35.5. The fraction of sp³-hybridized carbons (Fsp3) is 0.667. The van der Waals surface area contributed by atoms with Gasteiger partial charge in [0.15, 0.2) is 0 Å². The van der Waals surface area contributed by atoms with E-state index in [0.29, 0.717) is 24.3 Å². The number of aromatic nitrogens is 2. The first-order valence-corrected chi connectivity index (χ1v) is 6.54. The fourth-order valence-corrected chi connectivity index (χ4v) is 1.78. The van der Waals surface area contributed by atoms with Gasteiger partial charge < -0.3 is 9.64 Å². The Balaban J connectivity index is 2.92. The molecule has 1 heterocycles. The molecule has 1 rings (SSSR count). The zero-order valence-electron chi connectivity index (χ0n) is 10.7. The molecule has 0 atom stereocenters. The van der Waals surface area contributed by atoms with Gasteiger partial charge in [-0.05, 0) is 20.3 Å². The molecule has 5 heteroatoms. The van der Waals surface area contributed by atoms with Crippen molar-refractivity contribution >= 4 is 17.5 Å². The molecular formula is C12H20ClN3O. The topological polar surface area (TPSA) is 38.2 Å².